The molecule has 0 N–H and O–H groups in total. The molecule has 2 heterocycles. The molecule has 0 bridgehead atoms. The summed E-state index contributed by atoms with van der Waals surface area (Å²) in [5.74, 6) is 0.850. The summed E-state index contributed by atoms with van der Waals surface area (Å²) < 4.78 is 6.31. The van der Waals surface area contributed by atoms with Crippen molar-refractivity contribution in [3.05, 3.63) is 107 Å². The Balaban J connectivity index is 1.39. The van der Waals surface area contributed by atoms with Crippen LogP contribution in [0.15, 0.2) is 90.4 Å². The lowest BCUT2D eigenvalue weighted by molar-refractivity contribution is 0.0884. The highest BCUT2D eigenvalue weighted by molar-refractivity contribution is 7.12. The molecule has 1 aliphatic carbocycles. The van der Waals surface area contributed by atoms with Crippen LogP contribution >= 0.6 is 11.3 Å². The fourth-order valence-electron chi connectivity index (χ4n) is 5.72. The van der Waals surface area contributed by atoms with Gasteiger partial charge in [-0.1, -0.05) is 79.8 Å². The van der Waals surface area contributed by atoms with E-state index in [1.807, 2.05) is 30.3 Å². The van der Waals surface area contributed by atoms with Gasteiger partial charge in [0.25, 0.3) is 0 Å². The molecule has 0 aliphatic heterocycles. The Labute approximate surface area is 209 Å². The van der Waals surface area contributed by atoms with Crippen LogP contribution in [0.4, 0.5) is 0 Å². The minimum Gasteiger partial charge on any atom is -0.487 e. The number of hydrogen-bond acceptors (Lipinski definition) is 5. The maximum atomic E-state index is 6.31. The number of benzene rings is 3. The molecule has 1 aliphatic rings. The van der Waals surface area contributed by atoms with Crippen molar-refractivity contribution in [1.82, 2.24) is 15.2 Å². The molecule has 1 saturated carbocycles. The quantitative estimate of drug-likeness (QED) is 0.255. The third-order valence-electron chi connectivity index (χ3n) is 7.03. The Morgan fingerprint density at radius 2 is 1.69 bits per heavy atom. The van der Waals surface area contributed by atoms with Crippen molar-refractivity contribution in [2.24, 2.45) is 5.41 Å². The summed E-state index contributed by atoms with van der Waals surface area (Å²) in [5, 5.41) is 10.6. The first-order chi connectivity index (χ1) is 17.0. The number of pyridine rings is 1. The number of aromatic nitrogens is 3. The van der Waals surface area contributed by atoms with Crippen molar-refractivity contribution in [3.8, 4) is 16.3 Å². The van der Waals surface area contributed by atoms with Gasteiger partial charge in [0.15, 0.2) is 0 Å². The number of rotatable bonds is 6. The molecule has 1 fully saturated rings. The van der Waals surface area contributed by atoms with E-state index >= 15 is 0 Å². The van der Waals surface area contributed by atoms with E-state index < -0.39 is 0 Å². The minimum absolute atomic E-state index is 0.0771. The van der Waals surface area contributed by atoms with Gasteiger partial charge in [0, 0.05) is 16.4 Å². The van der Waals surface area contributed by atoms with Gasteiger partial charge in [-0.25, -0.2) is 4.98 Å². The van der Waals surface area contributed by atoms with Crippen LogP contribution < -0.4 is 4.74 Å². The molecule has 5 heteroatoms. The lowest BCUT2D eigenvalue weighted by Crippen LogP contribution is -2.47. The first kappa shape index (κ1) is 21.9. The monoisotopic (exact) mass is 477 g/mol. The van der Waals surface area contributed by atoms with Gasteiger partial charge in [-0.15, -0.1) is 10.2 Å². The second-order valence-corrected chi connectivity index (χ2v) is 11.0. The van der Waals surface area contributed by atoms with E-state index in [4.69, 9.17) is 9.72 Å². The van der Waals surface area contributed by atoms with E-state index in [0.717, 1.165) is 45.8 Å². The van der Waals surface area contributed by atoms with Gasteiger partial charge in [0.2, 0.25) is 0 Å². The Hall–Kier alpha value is -3.57. The van der Waals surface area contributed by atoms with Crippen LogP contribution in [0.25, 0.3) is 21.5 Å². The van der Waals surface area contributed by atoms with Crippen LogP contribution in [0.3, 0.4) is 0 Å². The molecule has 4 nitrogen and oxygen atoms in total. The van der Waals surface area contributed by atoms with Crippen LogP contribution in [-0.2, 0) is 12.0 Å². The molecule has 35 heavy (non-hydrogen) atoms. The molecule has 2 aromatic heterocycles. The summed E-state index contributed by atoms with van der Waals surface area (Å²) in [6.45, 7) is 5.13. The van der Waals surface area contributed by atoms with Gasteiger partial charge >= 0.3 is 0 Å². The van der Waals surface area contributed by atoms with Crippen molar-refractivity contribution in [3.63, 3.8) is 0 Å². The largest absolute Gasteiger partial charge is 0.487 e. The third-order valence-corrected chi connectivity index (χ3v) is 7.75. The Kier molecular flexibility index (Phi) is 5.37. The first-order valence-corrected chi connectivity index (χ1v) is 12.8. The molecule has 0 amide bonds. The number of fused-ring (bicyclic) bond motifs is 1. The van der Waals surface area contributed by atoms with Gasteiger partial charge in [0.05, 0.1) is 11.2 Å². The number of para-hydroxylation sites is 1. The van der Waals surface area contributed by atoms with Gasteiger partial charge in [-0.3, -0.25) is 0 Å². The van der Waals surface area contributed by atoms with Gasteiger partial charge in [-0.2, -0.15) is 0 Å². The van der Waals surface area contributed by atoms with E-state index in [2.05, 4.69) is 78.6 Å². The summed E-state index contributed by atoms with van der Waals surface area (Å²) in [6, 6.07) is 29.6. The van der Waals surface area contributed by atoms with Crippen molar-refractivity contribution >= 4 is 22.2 Å². The fraction of sp³-hybridized carbons (Fsp3) is 0.233. The lowest BCUT2D eigenvalue weighted by atomic mass is 9.49. The molecule has 0 radical (unpaired) electrons. The maximum Gasteiger partial charge on any atom is 0.147 e. The second kappa shape index (κ2) is 8.58. The summed E-state index contributed by atoms with van der Waals surface area (Å²) in [6.07, 6.45) is 2.15. The summed E-state index contributed by atoms with van der Waals surface area (Å²) in [5.41, 5.74) is 7.66. The van der Waals surface area contributed by atoms with E-state index in [1.54, 1.807) is 16.8 Å². The number of hydrogen-bond donors (Lipinski definition) is 0. The van der Waals surface area contributed by atoms with Crippen molar-refractivity contribution in [1.29, 1.82) is 0 Å². The molecule has 174 valence electrons. The van der Waals surface area contributed by atoms with Crippen molar-refractivity contribution in [2.45, 2.75) is 38.7 Å². The standard InChI is InChI=1S/C30H27N3OS/c1-29(2)18-30(19-29,22-9-4-3-5-10-22)26-16-24(14-15-25(26)28-33-31-20-35-28)34-17-23-13-12-21-8-6-7-11-27(21)32-23/h3-16,20H,17-19H2,1-2H3. The van der Waals surface area contributed by atoms with Crippen molar-refractivity contribution < 1.29 is 4.74 Å². The maximum absolute atomic E-state index is 6.31. The molecule has 0 spiro atoms. The van der Waals surface area contributed by atoms with E-state index in [9.17, 15) is 0 Å². The van der Waals surface area contributed by atoms with Crippen LogP contribution in [0, 0.1) is 5.41 Å². The Morgan fingerprint density at radius 1 is 0.886 bits per heavy atom. The Bertz CT molecular complexity index is 1470. The van der Waals surface area contributed by atoms with Crippen LogP contribution in [-0.4, -0.2) is 15.2 Å². The van der Waals surface area contributed by atoms with Gasteiger partial charge in [0.1, 0.15) is 22.9 Å². The molecule has 3 aromatic carbocycles. The summed E-state index contributed by atoms with van der Waals surface area (Å²) in [7, 11) is 0. The van der Waals surface area contributed by atoms with E-state index in [1.165, 1.54) is 11.1 Å². The van der Waals surface area contributed by atoms with Gasteiger partial charge in [-0.05, 0) is 59.7 Å². The highest BCUT2D eigenvalue weighted by Crippen LogP contribution is 2.60. The Morgan fingerprint density at radius 3 is 2.46 bits per heavy atom. The molecular weight excluding hydrogens is 450 g/mol. The number of nitrogens with zero attached hydrogens (tertiary/aromatic N) is 3. The predicted octanol–water partition coefficient (Wildman–Crippen LogP) is 7.44. The average molecular weight is 478 g/mol. The van der Waals surface area contributed by atoms with E-state index in [-0.39, 0.29) is 10.8 Å². The molecule has 5 aromatic rings. The highest BCUT2D eigenvalue weighted by atomic mass is 32.1. The molecule has 0 unspecified atom stereocenters. The zero-order chi connectivity index (χ0) is 23.9. The van der Waals surface area contributed by atoms with E-state index in [0.29, 0.717) is 6.61 Å². The molecule has 6 rings (SSSR count). The minimum atomic E-state index is -0.0771. The highest BCUT2D eigenvalue weighted by Gasteiger charge is 2.52. The zero-order valence-electron chi connectivity index (χ0n) is 19.9. The first-order valence-electron chi connectivity index (χ1n) is 12.0. The van der Waals surface area contributed by atoms with Crippen LogP contribution in [0.5, 0.6) is 5.75 Å². The topological polar surface area (TPSA) is 47.9 Å². The van der Waals surface area contributed by atoms with Crippen LogP contribution in [0.2, 0.25) is 0 Å². The fourth-order valence-corrected chi connectivity index (χ4v) is 6.31. The summed E-state index contributed by atoms with van der Waals surface area (Å²) >= 11 is 1.58. The predicted molar refractivity (Wildman–Crippen MR) is 142 cm³/mol. The smallest absolute Gasteiger partial charge is 0.147 e. The van der Waals surface area contributed by atoms with Crippen LogP contribution in [0.1, 0.15) is 43.5 Å². The lowest BCUT2D eigenvalue weighted by Gasteiger charge is -2.54. The normalized spacial score (nSPS) is 16.1. The SMILES string of the molecule is CC1(C)CC(c2ccccc2)(c2cc(OCc3ccc4ccccc4n3)ccc2-c2nncs2)C1. The second-order valence-electron chi connectivity index (χ2n) is 10.2. The molecule has 0 saturated heterocycles. The number of ether oxygens (including phenoxy) is 1. The van der Waals surface area contributed by atoms with Crippen molar-refractivity contribution in [2.75, 3.05) is 0 Å². The zero-order valence-corrected chi connectivity index (χ0v) is 20.8. The summed E-state index contributed by atoms with van der Waals surface area (Å²) in [4.78, 5) is 4.77. The molecule has 0 atom stereocenters. The molecular formula is C30H27N3OS. The third kappa shape index (κ3) is 4.10. The van der Waals surface area contributed by atoms with Gasteiger partial charge < -0.3 is 4.74 Å². The average Bonchev–Trinajstić information content (AvgIpc) is 3.41.